The maximum atomic E-state index is 12.0. The van der Waals surface area contributed by atoms with Gasteiger partial charge in [0.15, 0.2) is 16.7 Å². The third-order valence-electron chi connectivity index (χ3n) is 3.03. The molecule has 0 atom stereocenters. The van der Waals surface area contributed by atoms with Gasteiger partial charge in [0.25, 0.3) is 5.91 Å². The number of benzene rings is 1. The number of amidine groups is 1. The van der Waals surface area contributed by atoms with E-state index in [1.807, 2.05) is 0 Å². The average molecular weight is 327 g/mol. The van der Waals surface area contributed by atoms with Crippen LogP contribution in [-0.4, -0.2) is 28.3 Å². The minimum atomic E-state index is -0.218. The van der Waals surface area contributed by atoms with Crippen molar-refractivity contribution in [1.82, 2.24) is 10.3 Å². The van der Waals surface area contributed by atoms with E-state index in [2.05, 4.69) is 15.3 Å². The normalized spacial score (nSPS) is 17.5. The summed E-state index contributed by atoms with van der Waals surface area (Å²) in [5, 5.41) is 12.8. The fraction of sp³-hybridized carbons (Fsp3) is 0.0625. The fourth-order valence-electron chi connectivity index (χ4n) is 1.95. The Balaban J connectivity index is 1.84. The molecular formula is C16H13N3O3S. The second-order valence-corrected chi connectivity index (χ2v) is 5.65. The first-order chi connectivity index (χ1) is 11.2. The van der Waals surface area contributed by atoms with Crippen LogP contribution < -0.4 is 10.1 Å². The number of pyridine rings is 1. The lowest BCUT2D eigenvalue weighted by atomic mass is 10.2. The Morgan fingerprint density at radius 1 is 1.39 bits per heavy atom. The van der Waals surface area contributed by atoms with E-state index in [1.165, 1.54) is 24.9 Å². The largest absolute Gasteiger partial charge is 0.504 e. The summed E-state index contributed by atoms with van der Waals surface area (Å²) in [7, 11) is 1.47. The molecule has 1 aliphatic rings. The van der Waals surface area contributed by atoms with Crippen molar-refractivity contribution in [2.75, 3.05) is 7.11 Å². The van der Waals surface area contributed by atoms with Crippen LogP contribution in [0.5, 0.6) is 11.5 Å². The average Bonchev–Trinajstić information content (AvgIpc) is 2.89. The Hall–Kier alpha value is -2.80. The SMILES string of the molecule is COc1cc(C=C2SC(=Nc3cccnc3)NC2=O)ccc1O. The number of nitrogens with zero attached hydrogens (tertiary/aromatic N) is 2. The van der Waals surface area contributed by atoms with Gasteiger partial charge in [-0.2, -0.15) is 0 Å². The van der Waals surface area contributed by atoms with Crippen molar-refractivity contribution >= 4 is 34.6 Å². The number of hydrogen-bond donors (Lipinski definition) is 2. The predicted molar refractivity (Wildman–Crippen MR) is 89.7 cm³/mol. The molecule has 0 aliphatic carbocycles. The predicted octanol–water partition coefficient (Wildman–Crippen LogP) is 2.69. The second kappa shape index (κ2) is 6.53. The van der Waals surface area contributed by atoms with Crippen LogP contribution in [-0.2, 0) is 4.79 Å². The summed E-state index contributed by atoms with van der Waals surface area (Å²) in [6.45, 7) is 0. The minimum Gasteiger partial charge on any atom is -0.504 e. The summed E-state index contributed by atoms with van der Waals surface area (Å²) in [6.07, 6.45) is 4.99. The molecule has 1 aromatic carbocycles. The molecule has 2 heterocycles. The van der Waals surface area contributed by atoms with Gasteiger partial charge in [0.05, 0.1) is 23.9 Å². The van der Waals surface area contributed by atoms with E-state index in [0.29, 0.717) is 21.5 Å². The number of thioether (sulfide) groups is 1. The van der Waals surface area contributed by atoms with Gasteiger partial charge in [-0.05, 0) is 47.7 Å². The molecule has 0 spiro atoms. The van der Waals surface area contributed by atoms with E-state index in [0.717, 1.165) is 5.56 Å². The van der Waals surface area contributed by atoms with E-state index in [4.69, 9.17) is 4.74 Å². The van der Waals surface area contributed by atoms with E-state index in [-0.39, 0.29) is 11.7 Å². The first-order valence-electron chi connectivity index (χ1n) is 6.72. The lowest BCUT2D eigenvalue weighted by Gasteiger charge is -2.03. The molecule has 1 amide bonds. The van der Waals surface area contributed by atoms with Gasteiger partial charge in [-0.1, -0.05) is 6.07 Å². The van der Waals surface area contributed by atoms with E-state index < -0.39 is 0 Å². The number of methoxy groups -OCH3 is 1. The Bertz CT molecular complexity index is 803. The van der Waals surface area contributed by atoms with E-state index in [9.17, 15) is 9.90 Å². The summed E-state index contributed by atoms with van der Waals surface area (Å²) in [5.74, 6) is 0.189. The summed E-state index contributed by atoms with van der Waals surface area (Å²) in [4.78, 5) is 20.8. The molecule has 1 aromatic heterocycles. The topological polar surface area (TPSA) is 83.8 Å². The number of ether oxygens (including phenoxy) is 1. The van der Waals surface area contributed by atoms with Crippen LogP contribution in [0.1, 0.15) is 5.56 Å². The lowest BCUT2D eigenvalue weighted by Crippen LogP contribution is -2.19. The summed E-state index contributed by atoms with van der Waals surface area (Å²) in [5.41, 5.74) is 1.42. The number of phenolic OH excluding ortho intramolecular Hbond substituents is 1. The quantitative estimate of drug-likeness (QED) is 0.847. The van der Waals surface area contributed by atoms with Gasteiger partial charge in [-0.15, -0.1) is 0 Å². The highest BCUT2D eigenvalue weighted by molar-refractivity contribution is 8.18. The number of amides is 1. The zero-order chi connectivity index (χ0) is 16.2. The number of rotatable bonds is 3. The number of hydrogen-bond acceptors (Lipinski definition) is 6. The summed E-state index contributed by atoms with van der Waals surface area (Å²) < 4.78 is 5.06. The molecular weight excluding hydrogens is 314 g/mol. The molecule has 2 N–H and O–H groups in total. The number of phenols is 1. The molecule has 7 heteroatoms. The molecule has 23 heavy (non-hydrogen) atoms. The van der Waals surface area contributed by atoms with Crippen LogP contribution in [0.4, 0.5) is 5.69 Å². The van der Waals surface area contributed by atoms with Crippen molar-refractivity contribution in [2.24, 2.45) is 4.99 Å². The number of aromatic hydroxyl groups is 1. The van der Waals surface area contributed by atoms with E-state index in [1.54, 1.807) is 42.7 Å². The summed E-state index contributed by atoms with van der Waals surface area (Å²) in [6, 6.07) is 8.47. The second-order valence-electron chi connectivity index (χ2n) is 4.62. The Kier molecular flexibility index (Phi) is 4.29. The number of carbonyl (C=O) groups excluding carboxylic acids is 1. The van der Waals surface area contributed by atoms with Gasteiger partial charge in [0.1, 0.15) is 0 Å². The highest BCUT2D eigenvalue weighted by Crippen LogP contribution is 2.31. The van der Waals surface area contributed by atoms with Crippen molar-refractivity contribution in [3.8, 4) is 11.5 Å². The maximum Gasteiger partial charge on any atom is 0.264 e. The first-order valence-corrected chi connectivity index (χ1v) is 7.54. The van der Waals surface area contributed by atoms with Gasteiger partial charge in [0.2, 0.25) is 0 Å². The lowest BCUT2D eigenvalue weighted by molar-refractivity contribution is -0.115. The highest BCUT2D eigenvalue weighted by atomic mass is 32.2. The number of aliphatic imine (C=N–C) groups is 1. The van der Waals surface area contributed by atoms with Gasteiger partial charge >= 0.3 is 0 Å². The van der Waals surface area contributed by atoms with Crippen molar-refractivity contribution in [2.45, 2.75) is 0 Å². The van der Waals surface area contributed by atoms with E-state index >= 15 is 0 Å². The van der Waals surface area contributed by atoms with Gasteiger partial charge < -0.3 is 15.2 Å². The number of aromatic nitrogens is 1. The van der Waals surface area contributed by atoms with Gasteiger partial charge in [-0.25, -0.2) is 4.99 Å². The van der Waals surface area contributed by atoms with Crippen molar-refractivity contribution in [1.29, 1.82) is 0 Å². The standard InChI is InChI=1S/C16H13N3O3S/c1-22-13-7-10(4-5-12(13)20)8-14-15(21)19-16(23-14)18-11-3-2-6-17-9-11/h2-9,20H,1H3,(H,18,19,21). The molecule has 1 fully saturated rings. The van der Waals surface area contributed by atoms with Crippen LogP contribution in [0.15, 0.2) is 52.6 Å². The molecule has 6 nitrogen and oxygen atoms in total. The van der Waals surface area contributed by atoms with Gasteiger partial charge in [0, 0.05) is 6.20 Å². The molecule has 0 bridgehead atoms. The first kappa shape index (κ1) is 15.1. The van der Waals surface area contributed by atoms with Crippen LogP contribution in [0.25, 0.3) is 6.08 Å². The van der Waals surface area contributed by atoms with Crippen molar-refractivity contribution < 1.29 is 14.6 Å². The Morgan fingerprint density at radius 2 is 2.26 bits per heavy atom. The third-order valence-corrected chi connectivity index (χ3v) is 3.94. The smallest absolute Gasteiger partial charge is 0.264 e. The monoisotopic (exact) mass is 327 g/mol. The Morgan fingerprint density at radius 3 is 3.00 bits per heavy atom. The number of nitrogens with one attached hydrogen (secondary N) is 1. The summed E-state index contributed by atoms with van der Waals surface area (Å²) >= 11 is 1.25. The zero-order valence-corrected chi connectivity index (χ0v) is 13.0. The third kappa shape index (κ3) is 3.51. The molecule has 1 saturated heterocycles. The molecule has 1 aliphatic heterocycles. The molecule has 3 rings (SSSR count). The van der Waals surface area contributed by atoms with Crippen molar-refractivity contribution in [3.63, 3.8) is 0 Å². The van der Waals surface area contributed by atoms with Crippen LogP contribution >= 0.6 is 11.8 Å². The number of carbonyl (C=O) groups is 1. The maximum absolute atomic E-state index is 12.0. The molecule has 0 radical (unpaired) electrons. The fourth-order valence-corrected chi connectivity index (χ4v) is 2.79. The van der Waals surface area contributed by atoms with Crippen molar-refractivity contribution in [3.05, 3.63) is 53.2 Å². The van der Waals surface area contributed by atoms with Crippen LogP contribution in [0.2, 0.25) is 0 Å². The molecule has 0 unspecified atom stereocenters. The zero-order valence-electron chi connectivity index (χ0n) is 12.2. The van der Waals surface area contributed by atoms with Crippen LogP contribution in [0, 0.1) is 0 Å². The molecule has 0 saturated carbocycles. The Labute approximate surface area is 136 Å². The van der Waals surface area contributed by atoms with Crippen LogP contribution in [0.3, 0.4) is 0 Å². The highest BCUT2D eigenvalue weighted by Gasteiger charge is 2.23. The minimum absolute atomic E-state index is 0.0528. The van der Waals surface area contributed by atoms with Gasteiger partial charge in [-0.3, -0.25) is 9.78 Å². The molecule has 116 valence electrons. The molecule has 2 aromatic rings.